The highest BCUT2D eigenvalue weighted by Gasteiger charge is 2.29. The van der Waals surface area contributed by atoms with Gasteiger partial charge in [0.25, 0.3) is 5.91 Å². The Morgan fingerprint density at radius 3 is 2.95 bits per heavy atom. The molecule has 3 amide bonds. The topological polar surface area (TPSA) is 108 Å². The van der Waals surface area contributed by atoms with Crippen LogP contribution < -0.4 is 16.4 Å². The Balaban J connectivity index is 1.99. The quantitative estimate of drug-likeness (QED) is 0.481. The molecule has 1 aromatic rings. The summed E-state index contributed by atoms with van der Waals surface area (Å²) in [5.74, 6) is -0.470. The molecule has 0 radical (unpaired) electrons. The number of hydrogen-bond acceptors (Lipinski definition) is 4. The molecular weight excluding hydrogens is 272 g/mol. The lowest BCUT2D eigenvalue weighted by molar-refractivity contribution is 0.0786. The van der Waals surface area contributed by atoms with E-state index in [1.165, 1.54) is 6.07 Å². The highest BCUT2D eigenvalue weighted by atomic mass is 16.3. The van der Waals surface area contributed by atoms with Crippen LogP contribution in [0.15, 0.2) is 18.2 Å². The van der Waals surface area contributed by atoms with Crippen molar-refractivity contribution in [3.05, 3.63) is 23.8 Å². The highest BCUT2D eigenvalue weighted by Crippen LogP contribution is 2.26. The lowest BCUT2D eigenvalue weighted by Gasteiger charge is -2.18. The molecule has 0 aliphatic carbocycles. The predicted molar refractivity (Wildman–Crippen MR) is 79.0 cm³/mol. The fourth-order valence-electron chi connectivity index (χ4n) is 2.36. The molecule has 0 spiro atoms. The lowest BCUT2D eigenvalue weighted by Crippen LogP contribution is -2.43. The van der Waals surface area contributed by atoms with Crippen LogP contribution in [0.4, 0.5) is 10.5 Å². The number of nitrogens with zero attached hydrogens (tertiary/aromatic N) is 1. The molecule has 1 aromatic carbocycles. The first-order chi connectivity index (χ1) is 10.0. The van der Waals surface area contributed by atoms with E-state index in [0.717, 1.165) is 0 Å². The number of rotatable bonds is 3. The number of nitrogen functional groups attached to an aromatic ring is 1. The van der Waals surface area contributed by atoms with E-state index in [-0.39, 0.29) is 35.0 Å². The Morgan fingerprint density at radius 1 is 1.48 bits per heavy atom. The fourth-order valence-corrected chi connectivity index (χ4v) is 2.36. The monoisotopic (exact) mass is 292 g/mol. The number of benzene rings is 1. The minimum absolute atomic E-state index is 0.0799. The number of urea groups is 1. The Hall–Kier alpha value is -2.44. The average molecular weight is 292 g/mol. The third-order valence-electron chi connectivity index (χ3n) is 3.45. The molecule has 0 bridgehead atoms. The first kappa shape index (κ1) is 15.0. The van der Waals surface area contributed by atoms with Gasteiger partial charge in [0, 0.05) is 25.7 Å². The number of phenols is 1. The van der Waals surface area contributed by atoms with Crippen LogP contribution in [0.1, 0.15) is 23.7 Å². The molecule has 1 atom stereocenters. The van der Waals surface area contributed by atoms with Crippen molar-refractivity contribution in [1.29, 1.82) is 0 Å². The number of aromatic hydroxyl groups is 1. The van der Waals surface area contributed by atoms with E-state index in [0.29, 0.717) is 26.1 Å². The Bertz CT molecular complexity index is 547. The molecule has 7 nitrogen and oxygen atoms in total. The maximum atomic E-state index is 12.4. The number of carbonyl (C=O) groups is 2. The van der Waals surface area contributed by atoms with Gasteiger partial charge in [-0.05, 0) is 25.5 Å². The van der Waals surface area contributed by atoms with Crippen LogP contribution in [-0.2, 0) is 0 Å². The molecule has 1 fully saturated rings. The van der Waals surface area contributed by atoms with Crippen LogP contribution in [0, 0.1) is 0 Å². The zero-order chi connectivity index (χ0) is 15.4. The molecule has 1 aliphatic rings. The Morgan fingerprint density at radius 2 is 2.24 bits per heavy atom. The summed E-state index contributed by atoms with van der Waals surface area (Å²) in [6.45, 7) is 3.35. The van der Waals surface area contributed by atoms with Crippen molar-refractivity contribution in [3.63, 3.8) is 0 Å². The lowest BCUT2D eigenvalue weighted by atomic mass is 10.1. The molecule has 114 valence electrons. The standard InChI is InChI=1S/C14H20N4O3/c1-2-16-14(21)17-9-6-7-18(8-9)13(20)10-4-3-5-11(15)12(10)19/h3-5,9,19H,2,6-8,15H2,1H3,(H2,16,17,21)/t9-/m0/s1. The summed E-state index contributed by atoms with van der Waals surface area (Å²) >= 11 is 0. The molecule has 0 saturated carbocycles. The number of anilines is 1. The first-order valence-corrected chi connectivity index (χ1v) is 6.94. The van der Waals surface area contributed by atoms with E-state index in [9.17, 15) is 14.7 Å². The molecule has 1 heterocycles. The van der Waals surface area contributed by atoms with Crippen molar-refractivity contribution in [3.8, 4) is 5.75 Å². The second kappa shape index (κ2) is 6.34. The molecule has 5 N–H and O–H groups in total. The summed E-state index contributed by atoms with van der Waals surface area (Å²) < 4.78 is 0. The number of hydrogen-bond donors (Lipinski definition) is 4. The molecule has 21 heavy (non-hydrogen) atoms. The third-order valence-corrected chi connectivity index (χ3v) is 3.45. The van der Waals surface area contributed by atoms with Gasteiger partial charge in [-0.15, -0.1) is 0 Å². The van der Waals surface area contributed by atoms with E-state index < -0.39 is 0 Å². The normalized spacial score (nSPS) is 17.6. The highest BCUT2D eigenvalue weighted by molar-refractivity contribution is 5.98. The van der Waals surface area contributed by atoms with Crippen molar-refractivity contribution in [2.45, 2.75) is 19.4 Å². The summed E-state index contributed by atoms with van der Waals surface area (Å²) in [5.41, 5.74) is 5.96. The van der Waals surface area contributed by atoms with Gasteiger partial charge in [0.2, 0.25) is 0 Å². The summed E-state index contributed by atoms with van der Waals surface area (Å²) in [5, 5.41) is 15.3. The van der Waals surface area contributed by atoms with Gasteiger partial charge in [-0.2, -0.15) is 0 Å². The van der Waals surface area contributed by atoms with Crippen LogP contribution in [0.5, 0.6) is 5.75 Å². The number of phenolic OH excluding ortho intramolecular Hbond substituents is 1. The summed E-state index contributed by atoms with van der Waals surface area (Å²) in [6.07, 6.45) is 0.686. The molecular formula is C14H20N4O3. The van der Waals surface area contributed by atoms with Crippen molar-refractivity contribution in [1.82, 2.24) is 15.5 Å². The van der Waals surface area contributed by atoms with Gasteiger partial charge in [-0.3, -0.25) is 4.79 Å². The molecule has 1 aliphatic heterocycles. The second-order valence-corrected chi connectivity index (χ2v) is 4.98. The van der Waals surface area contributed by atoms with E-state index in [2.05, 4.69) is 10.6 Å². The zero-order valence-electron chi connectivity index (χ0n) is 11.9. The summed E-state index contributed by atoms with van der Waals surface area (Å²) in [7, 11) is 0. The molecule has 0 unspecified atom stereocenters. The second-order valence-electron chi connectivity index (χ2n) is 4.98. The molecule has 1 saturated heterocycles. The smallest absolute Gasteiger partial charge is 0.315 e. The number of para-hydroxylation sites is 1. The van der Waals surface area contributed by atoms with Crippen molar-refractivity contribution in [2.24, 2.45) is 0 Å². The number of amides is 3. The van der Waals surface area contributed by atoms with Gasteiger partial charge in [0.05, 0.1) is 11.3 Å². The minimum atomic E-state index is -0.278. The van der Waals surface area contributed by atoms with Gasteiger partial charge >= 0.3 is 6.03 Å². The third kappa shape index (κ3) is 3.36. The molecule has 2 rings (SSSR count). The number of nitrogens with two attached hydrogens (primary N) is 1. The van der Waals surface area contributed by atoms with Gasteiger partial charge in [-0.1, -0.05) is 6.07 Å². The van der Waals surface area contributed by atoms with Crippen molar-refractivity contribution < 1.29 is 14.7 Å². The van der Waals surface area contributed by atoms with Crippen LogP contribution in [-0.4, -0.2) is 47.6 Å². The van der Waals surface area contributed by atoms with Crippen LogP contribution >= 0.6 is 0 Å². The van der Waals surface area contributed by atoms with Crippen LogP contribution in [0.3, 0.4) is 0 Å². The summed E-state index contributed by atoms with van der Waals surface area (Å²) in [6, 6.07) is 4.39. The first-order valence-electron chi connectivity index (χ1n) is 6.94. The largest absolute Gasteiger partial charge is 0.505 e. The van der Waals surface area contributed by atoms with E-state index in [1.54, 1.807) is 17.0 Å². The van der Waals surface area contributed by atoms with Crippen LogP contribution in [0.25, 0.3) is 0 Å². The molecule has 7 heteroatoms. The minimum Gasteiger partial charge on any atom is -0.505 e. The van der Waals surface area contributed by atoms with Crippen LogP contribution in [0.2, 0.25) is 0 Å². The van der Waals surface area contributed by atoms with E-state index in [4.69, 9.17) is 5.73 Å². The maximum Gasteiger partial charge on any atom is 0.315 e. The molecule has 0 aromatic heterocycles. The van der Waals surface area contributed by atoms with E-state index in [1.807, 2.05) is 6.92 Å². The Kier molecular flexibility index (Phi) is 4.52. The van der Waals surface area contributed by atoms with Crippen molar-refractivity contribution >= 4 is 17.6 Å². The van der Waals surface area contributed by atoms with Gasteiger partial charge < -0.3 is 26.4 Å². The van der Waals surface area contributed by atoms with E-state index >= 15 is 0 Å². The maximum absolute atomic E-state index is 12.4. The van der Waals surface area contributed by atoms with Gasteiger partial charge in [-0.25, -0.2) is 4.79 Å². The average Bonchev–Trinajstić information content (AvgIpc) is 2.90. The van der Waals surface area contributed by atoms with Gasteiger partial charge in [0.15, 0.2) is 5.75 Å². The van der Waals surface area contributed by atoms with Crippen molar-refractivity contribution in [2.75, 3.05) is 25.4 Å². The number of nitrogens with one attached hydrogen (secondary N) is 2. The predicted octanol–water partition coefficient (Wildman–Crippen LogP) is 0.508. The van der Waals surface area contributed by atoms with Gasteiger partial charge in [0.1, 0.15) is 0 Å². The SMILES string of the molecule is CCNC(=O)N[C@H]1CCN(C(=O)c2cccc(N)c2O)C1. The number of carbonyl (C=O) groups excluding carboxylic acids is 2. The number of likely N-dealkylation sites (tertiary alicyclic amines) is 1. The summed E-state index contributed by atoms with van der Waals surface area (Å²) in [4.78, 5) is 25.4. The Labute approximate surface area is 123 Å². The zero-order valence-corrected chi connectivity index (χ0v) is 11.9. The fraction of sp³-hybridized carbons (Fsp3) is 0.429.